The van der Waals surface area contributed by atoms with E-state index in [4.69, 9.17) is 23.4 Å². The number of carbonyl (C=O) groups is 1. The van der Waals surface area contributed by atoms with E-state index in [1.165, 1.54) is 0 Å². The Morgan fingerprint density at radius 1 is 1.18 bits per heavy atom. The van der Waals surface area contributed by atoms with E-state index in [1.54, 1.807) is 20.8 Å². The number of nitrogens with one attached hydrogen (secondary N) is 1. The van der Waals surface area contributed by atoms with Crippen molar-refractivity contribution in [2.75, 3.05) is 6.61 Å². The van der Waals surface area contributed by atoms with Crippen molar-refractivity contribution >= 4 is 20.1 Å². The molecule has 2 heterocycles. The second-order valence-corrected chi connectivity index (χ2v) is 15.1. The molecular formula is C19H36N2O6Si. The highest BCUT2D eigenvalue weighted by Gasteiger charge is 2.53. The summed E-state index contributed by atoms with van der Waals surface area (Å²) in [5.74, 6) is -0.784. The lowest BCUT2D eigenvalue weighted by molar-refractivity contribution is -0.198. The first-order chi connectivity index (χ1) is 12.5. The molecule has 2 fully saturated rings. The van der Waals surface area contributed by atoms with Crippen molar-refractivity contribution in [2.45, 2.75) is 103 Å². The first kappa shape index (κ1) is 23.3. The van der Waals surface area contributed by atoms with Gasteiger partial charge in [0.05, 0.1) is 6.61 Å². The van der Waals surface area contributed by atoms with Gasteiger partial charge in [-0.2, -0.15) is 5.10 Å². The Morgan fingerprint density at radius 3 is 2.32 bits per heavy atom. The molecule has 1 N–H and O–H groups in total. The SMILES string of the molecule is CC(C)(C)OC(=O)N/N=C1/C2OC(C)(C)OC2O[C@@H]1CO[Si](C)(C)C(C)(C)C. The number of hydrogen-bond acceptors (Lipinski definition) is 7. The van der Waals surface area contributed by atoms with E-state index in [1.807, 2.05) is 13.8 Å². The topological polar surface area (TPSA) is 87.6 Å². The van der Waals surface area contributed by atoms with Gasteiger partial charge in [-0.3, -0.25) is 0 Å². The molecule has 2 aliphatic heterocycles. The Balaban J connectivity index is 2.13. The van der Waals surface area contributed by atoms with Gasteiger partial charge in [0.15, 0.2) is 26.5 Å². The maximum atomic E-state index is 12.0. The number of rotatable bonds is 4. The van der Waals surface area contributed by atoms with E-state index in [0.717, 1.165) is 0 Å². The van der Waals surface area contributed by atoms with E-state index in [0.29, 0.717) is 12.3 Å². The highest BCUT2D eigenvalue weighted by molar-refractivity contribution is 6.74. The molecule has 2 aliphatic rings. The molecule has 1 amide bonds. The lowest BCUT2D eigenvalue weighted by Gasteiger charge is -2.37. The summed E-state index contributed by atoms with van der Waals surface area (Å²) in [6, 6.07) is 0. The van der Waals surface area contributed by atoms with Crippen molar-refractivity contribution in [2.24, 2.45) is 5.10 Å². The molecule has 0 bridgehead atoms. The van der Waals surface area contributed by atoms with Gasteiger partial charge in [-0.25, -0.2) is 10.2 Å². The molecule has 2 saturated heterocycles. The van der Waals surface area contributed by atoms with Crippen LogP contribution in [-0.4, -0.2) is 56.6 Å². The van der Waals surface area contributed by atoms with Crippen LogP contribution in [0.4, 0.5) is 4.79 Å². The summed E-state index contributed by atoms with van der Waals surface area (Å²) >= 11 is 0. The van der Waals surface area contributed by atoms with Crippen LogP contribution in [0.2, 0.25) is 18.1 Å². The predicted octanol–water partition coefficient (Wildman–Crippen LogP) is 3.77. The minimum absolute atomic E-state index is 0.0720. The molecule has 0 aromatic heterocycles. The number of hydrogen-bond donors (Lipinski definition) is 1. The first-order valence-corrected chi connectivity index (χ1v) is 12.6. The average Bonchev–Trinajstić information content (AvgIpc) is 2.91. The molecule has 0 aromatic carbocycles. The summed E-state index contributed by atoms with van der Waals surface area (Å²) in [5, 5.41) is 4.33. The smallest absolute Gasteiger partial charge is 0.428 e. The summed E-state index contributed by atoms with van der Waals surface area (Å²) in [5.41, 5.74) is 2.38. The van der Waals surface area contributed by atoms with Crippen LogP contribution < -0.4 is 5.43 Å². The third kappa shape index (κ3) is 5.76. The Bertz CT molecular complexity index is 621. The lowest BCUT2D eigenvalue weighted by atomic mass is 10.1. The third-order valence-corrected chi connectivity index (χ3v) is 9.56. The van der Waals surface area contributed by atoms with E-state index in [9.17, 15) is 4.79 Å². The van der Waals surface area contributed by atoms with E-state index < -0.39 is 44.3 Å². The summed E-state index contributed by atoms with van der Waals surface area (Å²) < 4.78 is 29.3. The molecule has 2 unspecified atom stereocenters. The molecule has 3 atom stereocenters. The summed E-state index contributed by atoms with van der Waals surface area (Å²) in [4.78, 5) is 12.0. The molecule has 0 aliphatic carbocycles. The third-order valence-electron chi connectivity index (χ3n) is 5.05. The number of nitrogens with zero attached hydrogens (tertiary/aromatic N) is 1. The van der Waals surface area contributed by atoms with Crippen LogP contribution in [0.25, 0.3) is 0 Å². The van der Waals surface area contributed by atoms with Crippen molar-refractivity contribution in [1.29, 1.82) is 0 Å². The molecule has 28 heavy (non-hydrogen) atoms. The standard InChI is InChI=1S/C19H36N2O6Si/c1-17(2,3)27-16(22)21-20-13-12(11-23-28(9,10)18(4,5)6)24-15-14(13)25-19(7,8)26-15/h12,14-15H,11H2,1-10H3,(H,21,22)/b20-13+/t12-,14?,15?/m1/s1. The Labute approximate surface area is 169 Å². The second kappa shape index (κ2) is 7.68. The Kier molecular flexibility index (Phi) is 6.38. The van der Waals surface area contributed by atoms with Gasteiger partial charge < -0.3 is 23.4 Å². The molecule has 0 radical (unpaired) electrons. The van der Waals surface area contributed by atoms with E-state index in [-0.39, 0.29) is 5.04 Å². The second-order valence-electron chi connectivity index (χ2n) is 10.3. The molecule has 162 valence electrons. The fourth-order valence-electron chi connectivity index (χ4n) is 2.62. The quantitative estimate of drug-likeness (QED) is 0.554. The number of amides is 1. The zero-order chi connectivity index (χ0) is 21.5. The number of hydrazone groups is 1. The predicted molar refractivity (Wildman–Crippen MR) is 109 cm³/mol. The first-order valence-electron chi connectivity index (χ1n) is 9.72. The summed E-state index contributed by atoms with van der Waals surface area (Å²) in [7, 11) is -1.97. The molecule has 0 saturated carbocycles. The van der Waals surface area contributed by atoms with Crippen LogP contribution in [0.5, 0.6) is 0 Å². The van der Waals surface area contributed by atoms with Gasteiger partial charge in [0.1, 0.15) is 17.4 Å². The van der Waals surface area contributed by atoms with E-state index >= 15 is 0 Å². The van der Waals surface area contributed by atoms with Crippen LogP contribution in [0.1, 0.15) is 55.4 Å². The summed E-state index contributed by atoms with van der Waals surface area (Å²) in [6.45, 7) is 20.2. The van der Waals surface area contributed by atoms with Crippen LogP contribution in [-0.2, 0) is 23.4 Å². The molecule has 8 nitrogen and oxygen atoms in total. The van der Waals surface area contributed by atoms with Gasteiger partial charge >= 0.3 is 6.09 Å². The molecule has 2 rings (SSSR count). The van der Waals surface area contributed by atoms with Gasteiger partial charge in [0, 0.05) is 0 Å². The highest BCUT2D eigenvalue weighted by Crippen LogP contribution is 2.39. The van der Waals surface area contributed by atoms with Crippen LogP contribution in [0, 0.1) is 0 Å². The highest BCUT2D eigenvalue weighted by atomic mass is 28.4. The van der Waals surface area contributed by atoms with Crippen LogP contribution in [0.3, 0.4) is 0 Å². The van der Waals surface area contributed by atoms with Crippen molar-refractivity contribution in [3.63, 3.8) is 0 Å². The lowest BCUT2D eigenvalue weighted by Crippen LogP contribution is -2.44. The fraction of sp³-hybridized carbons (Fsp3) is 0.895. The number of fused-ring (bicyclic) bond motifs is 1. The number of carbonyl (C=O) groups excluding carboxylic acids is 1. The maximum absolute atomic E-state index is 12.0. The number of ether oxygens (including phenoxy) is 4. The molecule has 9 heteroatoms. The molecule has 0 spiro atoms. The van der Waals surface area contributed by atoms with Gasteiger partial charge in [-0.15, -0.1) is 0 Å². The zero-order valence-corrected chi connectivity index (χ0v) is 19.8. The molecule has 0 aromatic rings. The monoisotopic (exact) mass is 416 g/mol. The van der Waals surface area contributed by atoms with Gasteiger partial charge in [0.2, 0.25) is 0 Å². The van der Waals surface area contributed by atoms with Crippen LogP contribution in [0.15, 0.2) is 5.10 Å². The van der Waals surface area contributed by atoms with Gasteiger partial charge in [-0.05, 0) is 52.8 Å². The Morgan fingerprint density at radius 2 is 1.79 bits per heavy atom. The van der Waals surface area contributed by atoms with Gasteiger partial charge in [-0.1, -0.05) is 20.8 Å². The van der Waals surface area contributed by atoms with Gasteiger partial charge in [0.25, 0.3) is 0 Å². The average molecular weight is 417 g/mol. The van der Waals surface area contributed by atoms with Crippen molar-refractivity contribution < 1.29 is 28.2 Å². The van der Waals surface area contributed by atoms with Crippen molar-refractivity contribution in [3.05, 3.63) is 0 Å². The normalized spacial score (nSPS) is 29.1. The Hall–Kier alpha value is -1.00. The minimum atomic E-state index is -1.97. The van der Waals surface area contributed by atoms with Crippen molar-refractivity contribution in [3.8, 4) is 0 Å². The maximum Gasteiger partial charge on any atom is 0.428 e. The zero-order valence-electron chi connectivity index (χ0n) is 18.8. The minimum Gasteiger partial charge on any atom is -0.443 e. The molecular weight excluding hydrogens is 380 g/mol. The van der Waals surface area contributed by atoms with Crippen LogP contribution >= 0.6 is 0 Å². The van der Waals surface area contributed by atoms with E-state index in [2.05, 4.69) is 44.4 Å². The largest absolute Gasteiger partial charge is 0.443 e. The fourth-order valence-corrected chi connectivity index (χ4v) is 3.62. The summed E-state index contributed by atoms with van der Waals surface area (Å²) in [6.07, 6.45) is -2.18. The van der Waals surface area contributed by atoms with Crippen molar-refractivity contribution in [1.82, 2.24) is 5.43 Å².